The lowest BCUT2D eigenvalue weighted by Gasteiger charge is -2.36. The molecule has 0 radical (unpaired) electrons. The molecular formula is C16H33N3. The average Bonchev–Trinajstić information content (AvgIpc) is 2.48. The van der Waals surface area contributed by atoms with Crippen molar-refractivity contribution in [1.82, 2.24) is 15.1 Å². The summed E-state index contributed by atoms with van der Waals surface area (Å²) in [6.07, 6.45) is 7.05. The molecule has 3 heteroatoms. The predicted molar refractivity (Wildman–Crippen MR) is 82.6 cm³/mol. The van der Waals surface area contributed by atoms with Crippen molar-refractivity contribution in [2.24, 2.45) is 5.92 Å². The lowest BCUT2D eigenvalue weighted by atomic mass is 9.91. The van der Waals surface area contributed by atoms with Crippen molar-refractivity contribution in [2.45, 2.75) is 52.0 Å². The highest BCUT2D eigenvalue weighted by atomic mass is 15.2. The molecule has 0 aliphatic carbocycles. The second-order valence-electron chi connectivity index (χ2n) is 6.44. The number of rotatable bonds is 6. The van der Waals surface area contributed by atoms with E-state index in [9.17, 15) is 0 Å². The minimum atomic E-state index is 0.680. The minimum Gasteiger partial charge on any atom is -0.313 e. The molecule has 2 aliphatic rings. The van der Waals surface area contributed by atoms with Crippen LogP contribution in [0.25, 0.3) is 0 Å². The summed E-state index contributed by atoms with van der Waals surface area (Å²) >= 11 is 0. The van der Waals surface area contributed by atoms with Gasteiger partial charge in [0.05, 0.1) is 0 Å². The van der Waals surface area contributed by atoms with Crippen LogP contribution in [-0.2, 0) is 0 Å². The van der Waals surface area contributed by atoms with E-state index < -0.39 is 0 Å². The SMILES string of the molecule is CCN1CCCC(C(C)NCCN2CCCCC2)C1. The molecule has 2 heterocycles. The molecule has 112 valence electrons. The molecule has 2 unspecified atom stereocenters. The Morgan fingerprint density at radius 1 is 1.05 bits per heavy atom. The first-order valence-electron chi connectivity index (χ1n) is 8.47. The molecule has 1 N–H and O–H groups in total. The van der Waals surface area contributed by atoms with Gasteiger partial charge < -0.3 is 15.1 Å². The number of hydrogen-bond acceptors (Lipinski definition) is 3. The van der Waals surface area contributed by atoms with Crippen LogP contribution in [0, 0.1) is 5.92 Å². The van der Waals surface area contributed by atoms with Gasteiger partial charge in [-0.25, -0.2) is 0 Å². The third kappa shape index (κ3) is 5.05. The highest BCUT2D eigenvalue weighted by Crippen LogP contribution is 2.19. The molecular weight excluding hydrogens is 234 g/mol. The van der Waals surface area contributed by atoms with Crippen LogP contribution in [0.4, 0.5) is 0 Å². The van der Waals surface area contributed by atoms with Crippen molar-refractivity contribution in [3.8, 4) is 0 Å². The fourth-order valence-corrected chi connectivity index (χ4v) is 3.59. The molecule has 0 amide bonds. The number of likely N-dealkylation sites (tertiary alicyclic amines) is 2. The Morgan fingerprint density at radius 2 is 1.79 bits per heavy atom. The van der Waals surface area contributed by atoms with Crippen LogP contribution >= 0.6 is 0 Å². The van der Waals surface area contributed by atoms with Crippen molar-refractivity contribution in [2.75, 3.05) is 45.8 Å². The normalized spacial score (nSPS) is 28.4. The van der Waals surface area contributed by atoms with Gasteiger partial charge in [0.1, 0.15) is 0 Å². The van der Waals surface area contributed by atoms with Crippen molar-refractivity contribution < 1.29 is 0 Å². The van der Waals surface area contributed by atoms with Crippen LogP contribution in [0.15, 0.2) is 0 Å². The third-order valence-electron chi connectivity index (χ3n) is 5.04. The van der Waals surface area contributed by atoms with E-state index in [1.807, 2.05) is 0 Å². The molecule has 2 aliphatic heterocycles. The molecule has 19 heavy (non-hydrogen) atoms. The van der Waals surface area contributed by atoms with E-state index in [2.05, 4.69) is 29.0 Å². The van der Waals surface area contributed by atoms with E-state index >= 15 is 0 Å². The summed E-state index contributed by atoms with van der Waals surface area (Å²) < 4.78 is 0. The summed E-state index contributed by atoms with van der Waals surface area (Å²) in [4.78, 5) is 5.24. The topological polar surface area (TPSA) is 18.5 Å². The first kappa shape index (κ1) is 15.3. The summed E-state index contributed by atoms with van der Waals surface area (Å²) in [5.41, 5.74) is 0. The fraction of sp³-hybridized carbons (Fsp3) is 1.00. The number of nitrogens with one attached hydrogen (secondary N) is 1. The standard InChI is InChI=1S/C16H33N3/c1-3-18-12-7-8-16(14-18)15(2)17-9-13-19-10-5-4-6-11-19/h15-17H,3-14H2,1-2H3. The second kappa shape index (κ2) is 8.23. The molecule has 0 aromatic heterocycles. The smallest absolute Gasteiger partial charge is 0.0107 e. The molecule has 2 atom stereocenters. The Balaban J connectivity index is 1.61. The van der Waals surface area contributed by atoms with Gasteiger partial charge in [0.2, 0.25) is 0 Å². The number of piperidine rings is 2. The van der Waals surface area contributed by atoms with E-state index in [4.69, 9.17) is 0 Å². The average molecular weight is 267 g/mol. The third-order valence-corrected chi connectivity index (χ3v) is 5.04. The molecule has 2 rings (SSSR count). The number of nitrogens with zero attached hydrogens (tertiary/aromatic N) is 2. The van der Waals surface area contributed by atoms with Crippen LogP contribution in [-0.4, -0.2) is 61.7 Å². The predicted octanol–water partition coefficient (Wildman–Crippen LogP) is 2.18. The van der Waals surface area contributed by atoms with E-state index in [0.29, 0.717) is 6.04 Å². The van der Waals surface area contributed by atoms with Gasteiger partial charge in [0.25, 0.3) is 0 Å². The summed E-state index contributed by atoms with van der Waals surface area (Å²) in [6.45, 7) is 13.6. The van der Waals surface area contributed by atoms with Gasteiger partial charge in [-0.1, -0.05) is 13.3 Å². The number of hydrogen-bond donors (Lipinski definition) is 1. The molecule has 2 fully saturated rings. The van der Waals surface area contributed by atoms with Crippen LogP contribution < -0.4 is 5.32 Å². The molecule has 3 nitrogen and oxygen atoms in total. The second-order valence-corrected chi connectivity index (χ2v) is 6.44. The molecule has 0 aromatic rings. The molecule has 0 spiro atoms. The summed E-state index contributed by atoms with van der Waals surface area (Å²) in [7, 11) is 0. The monoisotopic (exact) mass is 267 g/mol. The van der Waals surface area contributed by atoms with Gasteiger partial charge in [-0.15, -0.1) is 0 Å². The maximum Gasteiger partial charge on any atom is 0.0107 e. The highest BCUT2D eigenvalue weighted by molar-refractivity contribution is 4.80. The van der Waals surface area contributed by atoms with E-state index in [-0.39, 0.29) is 0 Å². The first-order valence-corrected chi connectivity index (χ1v) is 8.47. The molecule has 0 saturated carbocycles. The summed E-state index contributed by atoms with van der Waals surface area (Å²) in [6, 6.07) is 0.680. The quantitative estimate of drug-likeness (QED) is 0.796. The van der Waals surface area contributed by atoms with Crippen molar-refractivity contribution in [1.29, 1.82) is 0 Å². The lowest BCUT2D eigenvalue weighted by molar-refractivity contribution is 0.153. The highest BCUT2D eigenvalue weighted by Gasteiger charge is 2.23. The van der Waals surface area contributed by atoms with Gasteiger partial charge >= 0.3 is 0 Å². The van der Waals surface area contributed by atoms with Crippen molar-refractivity contribution >= 4 is 0 Å². The fourth-order valence-electron chi connectivity index (χ4n) is 3.59. The van der Waals surface area contributed by atoms with Gasteiger partial charge in [-0.2, -0.15) is 0 Å². The summed E-state index contributed by atoms with van der Waals surface area (Å²) in [5, 5.41) is 3.78. The largest absolute Gasteiger partial charge is 0.313 e. The van der Waals surface area contributed by atoms with Crippen molar-refractivity contribution in [3.63, 3.8) is 0 Å². The summed E-state index contributed by atoms with van der Waals surface area (Å²) in [5.74, 6) is 0.857. The minimum absolute atomic E-state index is 0.680. The zero-order valence-electron chi connectivity index (χ0n) is 13.0. The van der Waals surface area contributed by atoms with Gasteiger partial charge in [0.15, 0.2) is 0 Å². The molecule has 2 saturated heterocycles. The Labute approximate surface area is 119 Å². The zero-order valence-corrected chi connectivity index (χ0v) is 13.0. The first-order chi connectivity index (χ1) is 9.29. The maximum absolute atomic E-state index is 3.78. The van der Waals surface area contributed by atoms with Gasteiger partial charge in [0, 0.05) is 25.7 Å². The van der Waals surface area contributed by atoms with Gasteiger partial charge in [-0.05, 0) is 64.7 Å². The van der Waals surface area contributed by atoms with E-state index in [1.165, 1.54) is 77.9 Å². The lowest BCUT2D eigenvalue weighted by Crippen LogP contribution is -2.46. The van der Waals surface area contributed by atoms with E-state index in [1.54, 1.807) is 0 Å². The Hall–Kier alpha value is -0.120. The Kier molecular flexibility index (Phi) is 6.62. The van der Waals surface area contributed by atoms with Crippen LogP contribution in [0.3, 0.4) is 0 Å². The van der Waals surface area contributed by atoms with E-state index in [0.717, 1.165) is 5.92 Å². The Morgan fingerprint density at radius 3 is 2.53 bits per heavy atom. The van der Waals surface area contributed by atoms with Crippen LogP contribution in [0.1, 0.15) is 46.0 Å². The van der Waals surface area contributed by atoms with Gasteiger partial charge in [-0.3, -0.25) is 0 Å². The molecule has 0 aromatic carbocycles. The maximum atomic E-state index is 3.78. The Bertz CT molecular complexity index is 238. The zero-order chi connectivity index (χ0) is 13.5. The van der Waals surface area contributed by atoms with Crippen LogP contribution in [0.5, 0.6) is 0 Å². The van der Waals surface area contributed by atoms with Crippen molar-refractivity contribution in [3.05, 3.63) is 0 Å². The molecule has 0 bridgehead atoms. The van der Waals surface area contributed by atoms with Crippen LogP contribution in [0.2, 0.25) is 0 Å².